The number of carboxylic acids is 1. The van der Waals surface area contributed by atoms with Crippen molar-refractivity contribution < 1.29 is 28.6 Å². The van der Waals surface area contributed by atoms with Gasteiger partial charge < -0.3 is 25.4 Å². The molecule has 0 aliphatic rings. The maximum absolute atomic E-state index is 12.3. The number of aliphatic hydroxyl groups is 1. The van der Waals surface area contributed by atoms with Gasteiger partial charge in [0.2, 0.25) is 0 Å². The first-order chi connectivity index (χ1) is 9.93. The van der Waals surface area contributed by atoms with Crippen LogP contribution in [0.3, 0.4) is 0 Å². The largest absolute Gasteiger partial charge is 0.480 e. The second-order valence-corrected chi connectivity index (χ2v) is 4.18. The van der Waals surface area contributed by atoms with Crippen molar-refractivity contribution in [1.29, 1.82) is 0 Å². The minimum Gasteiger partial charge on any atom is -0.480 e. The molecule has 1 rings (SSSR count). The van der Waals surface area contributed by atoms with E-state index in [1.807, 2.05) is 0 Å². The van der Waals surface area contributed by atoms with Crippen LogP contribution in [-0.4, -0.2) is 69.2 Å². The van der Waals surface area contributed by atoms with Crippen molar-refractivity contribution >= 4 is 12.0 Å². The van der Waals surface area contributed by atoms with Crippen LogP contribution in [0.25, 0.3) is 0 Å². The Morgan fingerprint density at radius 1 is 1.48 bits per heavy atom. The second-order valence-electron chi connectivity index (χ2n) is 4.18. The van der Waals surface area contributed by atoms with Gasteiger partial charge in [0.25, 0.3) is 6.43 Å². The Morgan fingerprint density at radius 3 is 2.67 bits per heavy atom. The predicted molar refractivity (Wildman–Crippen MR) is 66.9 cm³/mol. The van der Waals surface area contributed by atoms with E-state index in [9.17, 15) is 18.4 Å². The van der Waals surface area contributed by atoms with Gasteiger partial charge in [-0.1, -0.05) is 0 Å². The van der Waals surface area contributed by atoms with Crippen LogP contribution in [-0.2, 0) is 11.2 Å². The summed E-state index contributed by atoms with van der Waals surface area (Å²) in [5, 5.41) is 19.9. The lowest BCUT2D eigenvalue weighted by molar-refractivity contribution is -0.139. The van der Waals surface area contributed by atoms with Crippen LogP contribution < -0.4 is 5.32 Å². The van der Waals surface area contributed by atoms with Crippen molar-refractivity contribution in [2.45, 2.75) is 18.9 Å². The number of hydrogen-bond acceptors (Lipinski definition) is 4. The topological polar surface area (TPSA) is 119 Å². The number of carbonyl (C=O) groups is 2. The highest BCUT2D eigenvalue weighted by molar-refractivity contribution is 5.82. The van der Waals surface area contributed by atoms with Crippen LogP contribution in [0, 0.1) is 0 Å². The Morgan fingerprint density at radius 2 is 2.19 bits per heavy atom. The predicted octanol–water partition coefficient (Wildman–Crippen LogP) is -0.326. The van der Waals surface area contributed by atoms with E-state index in [4.69, 9.17) is 10.2 Å². The van der Waals surface area contributed by atoms with Crippen molar-refractivity contribution in [2.24, 2.45) is 0 Å². The Kier molecular flexibility index (Phi) is 6.53. The molecular formula is C11H16F2N4O4. The molecule has 0 radical (unpaired) electrons. The molecule has 0 bridgehead atoms. The molecular weight excluding hydrogens is 290 g/mol. The van der Waals surface area contributed by atoms with Crippen LogP contribution in [0.2, 0.25) is 0 Å². The number of amides is 2. The van der Waals surface area contributed by atoms with Gasteiger partial charge in [-0.3, -0.25) is 0 Å². The minimum absolute atomic E-state index is 0.0667. The SMILES string of the molecule is O=C(O)C(Cc1cnc[nH]1)NC(=O)N(CCO)CC(F)F. The highest BCUT2D eigenvalue weighted by Gasteiger charge is 2.25. The first-order valence-electron chi connectivity index (χ1n) is 6.08. The van der Waals surface area contributed by atoms with E-state index in [-0.39, 0.29) is 13.0 Å². The van der Waals surface area contributed by atoms with Gasteiger partial charge in [-0.15, -0.1) is 0 Å². The van der Waals surface area contributed by atoms with Gasteiger partial charge in [0.15, 0.2) is 0 Å². The molecule has 0 aliphatic heterocycles. The van der Waals surface area contributed by atoms with Crippen LogP contribution >= 0.6 is 0 Å². The fraction of sp³-hybridized carbons (Fsp3) is 0.545. The summed E-state index contributed by atoms with van der Waals surface area (Å²) in [4.78, 5) is 29.9. The van der Waals surface area contributed by atoms with E-state index < -0.39 is 37.6 Å². The third kappa shape index (κ3) is 5.73. The molecule has 0 spiro atoms. The summed E-state index contributed by atoms with van der Waals surface area (Å²) < 4.78 is 24.7. The summed E-state index contributed by atoms with van der Waals surface area (Å²) >= 11 is 0. The highest BCUT2D eigenvalue weighted by Crippen LogP contribution is 2.03. The van der Waals surface area contributed by atoms with E-state index >= 15 is 0 Å². The minimum atomic E-state index is -2.78. The number of alkyl halides is 2. The van der Waals surface area contributed by atoms with Gasteiger partial charge in [0.1, 0.15) is 6.04 Å². The van der Waals surface area contributed by atoms with Crippen molar-refractivity contribution in [1.82, 2.24) is 20.2 Å². The number of carbonyl (C=O) groups excluding carboxylic acids is 1. The van der Waals surface area contributed by atoms with Crippen LogP contribution in [0.5, 0.6) is 0 Å². The number of aromatic amines is 1. The molecule has 1 unspecified atom stereocenters. The number of rotatable bonds is 8. The van der Waals surface area contributed by atoms with Gasteiger partial charge in [-0.05, 0) is 0 Å². The van der Waals surface area contributed by atoms with Gasteiger partial charge in [-0.2, -0.15) is 0 Å². The van der Waals surface area contributed by atoms with Crippen molar-refractivity contribution in [3.8, 4) is 0 Å². The first-order valence-corrected chi connectivity index (χ1v) is 6.08. The fourth-order valence-electron chi connectivity index (χ4n) is 1.62. The summed E-state index contributed by atoms with van der Waals surface area (Å²) in [5.74, 6) is -1.31. The standard InChI is InChI=1S/C11H16F2N4O4/c12-9(13)5-17(1-2-18)11(21)16-8(10(19)20)3-7-4-14-6-15-7/h4,6,8-9,18H,1-3,5H2,(H,14,15)(H,16,21)(H,19,20). The van der Waals surface area contributed by atoms with E-state index in [2.05, 4.69) is 15.3 Å². The number of nitrogens with one attached hydrogen (secondary N) is 2. The average Bonchev–Trinajstić information content (AvgIpc) is 2.89. The molecule has 21 heavy (non-hydrogen) atoms. The number of carboxylic acid groups (broad SMARTS) is 1. The molecule has 1 heterocycles. The molecule has 0 saturated heterocycles. The summed E-state index contributed by atoms with van der Waals surface area (Å²) in [6.45, 7) is -1.70. The molecule has 0 aliphatic carbocycles. The molecule has 0 fully saturated rings. The lowest BCUT2D eigenvalue weighted by atomic mass is 10.1. The number of aromatic nitrogens is 2. The molecule has 0 aromatic carbocycles. The Bertz CT molecular complexity index is 455. The molecule has 4 N–H and O–H groups in total. The normalized spacial score (nSPS) is 12.2. The summed E-state index contributed by atoms with van der Waals surface area (Å²) in [6, 6.07) is -2.27. The van der Waals surface area contributed by atoms with Crippen LogP contribution in [0.1, 0.15) is 5.69 Å². The maximum Gasteiger partial charge on any atom is 0.326 e. The number of imidazole rings is 1. The number of aliphatic hydroxyl groups excluding tert-OH is 1. The zero-order valence-corrected chi connectivity index (χ0v) is 11.0. The number of hydrogen-bond donors (Lipinski definition) is 4. The zero-order valence-electron chi connectivity index (χ0n) is 11.0. The Labute approximate surface area is 118 Å². The van der Waals surface area contributed by atoms with Gasteiger partial charge in [0, 0.05) is 24.9 Å². The van der Waals surface area contributed by atoms with Gasteiger partial charge >= 0.3 is 12.0 Å². The molecule has 0 saturated carbocycles. The van der Waals surface area contributed by atoms with E-state index in [1.165, 1.54) is 12.5 Å². The van der Waals surface area contributed by atoms with Crippen molar-refractivity contribution in [3.63, 3.8) is 0 Å². The average molecular weight is 306 g/mol. The van der Waals surface area contributed by atoms with Crippen LogP contribution in [0.4, 0.5) is 13.6 Å². The molecule has 1 aromatic heterocycles. The third-order valence-electron chi connectivity index (χ3n) is 2.59. The van der Waals surface area contributed by atoms with E-state index in [1.54, 1.807) is 0 Å². The third-order valence-corrected chi connectivity index (χ3v) is 2.59. The van der Waals surface area contributed by atoms with Crippen LogP contribution in [0.15, 0.2) is 12.5 Å². The molecule has 1 atom stereocenters. The summed E-state index contributed by atoms with van der Waals surface area (Å²) in [7, 11) is 0. The lowest BCUT2D eigenvalue weighted by Gasteiger charge is -2.24. The highest BCUT2D eigenvalue weighted by atomic mass is 19.3. The maximum atomic E-state index is 12.3. The van der Waals surface area contributed by atoms with E-state index in [0.717, 1.165) is 0 Å². The van der Waals surface area contributed by atoms with Crippen molar-refractivity contribution in [3.05, 3.63) is 18.2 Å². The zero-order chi connectivity index (χ0) is 15.8. The number of urea groups is 1. The lowest BCUT2D eigenvalue weighted by Crippen LogP contribution is -2.50. The molecule has 1 aromatic rings. The van der Waals surface area contributed by atoms with Gasteiger partial charge in [0.05, 0.1) is 19.5 Å². The monoisotopic (exact) mass is 306 g/mol. The smallest absolute Gasteiger partial charge is 0.326 e. The fourth-order valence-corrected chi connectivity index (χ4v) is 1.62. The molecule has 8 nitrogen and oxygen atoms in total. The first kappa shape index (κ1) is 16.8. The molecule has 2 amide bonds. The Balaban J connectivity index is 2.67. The van der Waals surface area contributed by atoms with Gasteiger partial charge in [-0.25, -0.2) is 23.4 Å². The number of H-pyrrole nitrogens is 1. The number of halogens is 2. The second kappa shape index (κ2) is 8.15. The van der Waals surface area contributed by atoms with E-state index in [0.29, 0.717) is 10.6 Å². The quantitative estimate of drug-likeness (QED) is 0.524. The number of aliphatic carboxylic acids is 1. The van der Waals surface area contributed by atoms with Crippen molar-refractivity contribution in [2.75, 3.05) is 19.7 Å². The Hall–Kier alpha value is -2.23. The molecule has 118 valence electrons. The summed E-state index contributed by atoms with van der Waals surface area (Å²) in [6.07, 6.45) is -0.0985. The summed E-state index contributed by atoms with van der Waals surface area (Å²) in [5.41, 5.74) is 0.477. The number of nitrogens with zero attached hydrogens (tertiary/aromatic N) is 2. The molecule has 10 heteroatoms.